The van der Waals surface area contributed by atoms with Crippen molar-refractivity contribution in [1.29, 1.82) is 0 Å². The van der Waals surface area contributed by atoms with Gasteiger partial charge in [-0.3, -0.25) is 0 Å². The van der Waals surface area contributed by atoms with E-state index in [1.807, 2.05) is 13.8 Å². The molecule has 0 aliphatic carbocycles. The van der Waals surface area contributed by atoms with Gasteiger partial charge >= 0.3 is 11.9 Å². The first-order chi connectivity index (χ1) is 10.3. The molecule has 0 spiro atoms. The van der Waals surface area contributed by atoms with E-state index in [9.17, 15) is 9.59 Å². The summed E-state index contributed by atoms with van der Waals surface area (Å²) in [7, 11) is 0. The van der Waals surface area contributed by atoms with E-state index >= 15 is 0 Å². The zero-order valence-electron chi connectivity index (χ0n) is 13.4. The molecule has 0 saturated carbocycles. The van der Waals surface area contributed by atoms with Gasteiger partial charge in [0.15, 0.2) is 0 Å². The molecule has 0 heterocycles. The monoisotopic (exact) mass is 438 g/mol. The second-order valence-corrected chi connectivity index (χ2v) is 5.45. The summed E-state index contributed by atoms with van der Waals surface area (Å²) in [6.07, 6.45) is 1.84. The minimum Gasteiger partial charge on any atom is -0.786 e. The Balaban J connectivity index is -0.000000382. The topological polar surface area (TPSA) is 52.6 Å². The van der Waals surface area contributed by atoms with E-state index in [1.54, 1.807) is 13.8 Å². The molecule has 0 aromatic carbocycles. The first-order valence-corrected chi connectivity index (χ1v) is 8.38. The number of ether oxygens (including phenoxy) is 2. The molecule has 0 rings (SSSR count). The maximum atomic E-state index is 11.0. The molecule has 0 N–H and O–H groups in total. The Morgan fingerprint density at radius 2 is 0.957 bits per heavy atom. The Morgan fingerprint density at radius 3 is 1.13 bits per heavy atom. The maximum Gasteiger partial charge on any atom is 0.310 e. The Kier molecular flexibility index (Phi) is 20.0. The van der Waals surface area contributed by atoms with Gasteiger partial charge in [-0.05, 0) is 13.8 Å². The van der Waals surface area contributed by atoms with Crippen LogP contribution in [0.15, 0.2) is 19.6 Å². The summed E-state index contributed by atoms with van der Waals surface area (Å²) in [4.78, 5) is 23.4. The zero-order valence-corrected chi connectivity index (χ0v) is 17.7. The van der Waals surface area contributed by atoms with Crippen molar-refractivity contribution >= 4 is 62.5 Å². The SMILES string of the molecule is CC/C([S-])=C(/[S-])CC.CCOC(=O)/C([S-])=C(/[S-])C(=O)OCC.[Ni]. The molecule has 0 aromatic heterocycles. The van der Waals surface area contributed by atoms with E-state index in [0.29, 0.717) is 0 Å². The quantitative estimate of drug-likeness (QED) is 0.271. The first kappa shape index (κ1) is 27.6. The van der Waals surface area contributed by atoms with Crippen LogP contribution in [-0.2, 0) is 86.1 Å². The van der Waals surface area contributed by atoms with Crippen LogP contribution in [0, 0.1) is 0 Å². The van der Waals surface area contributed by atoms with Gasteiger partial charge in [0, 0.05) is 16.5 Å². The average molecular weight is 439 g/mol. The number of rotatable bonds is 6. The molecule has 4 nitrogen and oxygen atoms in total. The van der Waals surface area contributed by atoms with Crippen molar-refractivity contribution in [3.8, 4) is 0 Å². The van der Waals surface area contributed by atoms with Crippen molar-refractivity contribution in [2.24, 2.45) is 0 Å². The third kappa shape index (κ3) is 12.8. The van der Waals surface area contributed by atoms with E-state index < -0.39 is 11.9 Å². The Labute approximate surface area is 170 Å². The molecule has 0 bridgehead atoms. The summed E-state index contributed by atoms with van der Waals surface area (Å²) < 4.78 is 9.16. The van der Waals surface area contributed by atoms with E-state index in [4.69, 9.17) is 25.3 Å². The molecule has 0 fully saturated rings. The molecule has 0 aromatic rings. The van der Waals surface area contributed by atoms with Gasteiger partial charge in [0.1, 0.15) is 0 Å². The third-order valence-corrected chi connectivity index (χ3v) is 4.15. The molecule has 0 unspecified atom stereocenters. The fourth-order valence-electron chi connectivity index (χ4n) is 0.973. The average Bonchev–Trinajstić information content (AvgIpc) is 2.52. The summed E-state index contributed by atoms with van der Waals surface area (Å²) in [5.41, 5.74) is 0. The van der Waals surface area contributed by atoms with Crippen molar-refractivity contribution in [1.82, 2.24) is 0 Å². The summed E-state index contributed by atoms with van der Waals surface area (Å²) in [5.74, 6) is -1.53. The molecule has 0 saturated heterocycles. The largest absolute Gasteiger partial charge is 0.786 e. The van der Waals surface area contributed by atoms with Crippen LogP contribution in [0.2, 0.25) is 0 Å². The van der Waals surface area contributed by atoms with Crippen LogP contribution < -0.4 is 0 Å². The van der Waals surface area contributed by atoms with Crippen LogP contribution in [-0.4, -0.2) is 25.2 Å². The third-order valence-electron chi connectivity index (χ3n) is 2.08. The van der Waals surface area contributed by atoms with E-state index in [1.165, 1.54) is 0 Å². The Morgan fingerprint density at radius 1 is 0.696 bits per heavy atom. The van der Waals surface area contributed by atoms with E-state index in [-0.39, 0.29) is 39.5 Å². The summed E-state index contributed by atoms with van der Waals surface area (Å²) >= 11 is 19.1. The van der Waals surface area contributed by atoms with Gasteiger partial charge in [-0.2, -0.15) is 0 Å². The summed E-state index contributed by atoms with van der Waals surface area (Å²) in [6, 6.07) is 0. The van der Waals surface area contributed by atoms with Crippen LogP contribution in [0.5, 0.6) is 0 Å². The molecule has 23 heavy (non-hydrogen) atoms. The van der Waals surface area contributed by atoms with Crippen molar-refractivity contribution in [2.45, 2.75) is 40.5 Å². The van der Waals surface area contributed by atoms with Gasteiger partial charge in [0.05, 0.1) is 13.2 Å². The van der Waals surface area contributed by atoms with Crippen molar-refractivity contribution < 1.29 is 35.6 Å². The number of esters is 2. The molecule has 0 atom stereocenters. The number of carbonyl (C=O) groups is 2. The molecule has 0 radical (unpaired) electrons. The summed E-state index contributed by atoms with van der Waals surface area (Å²) in [6.45, 7) is 7.70. The van der Waals surface area contributed by atoms with Crippen molar-refractivity contribution in [3.63, 3.8) is 0 Å². The fraction of sp³-hybridized carbons (Fsp3) is 0.571. The first-order valence-electron chi connectivity index (χ1n) is 6.75. The van der Waals surface area contributed by atoms with Gasteiger partial charge in [-0.25, -0.2) is 19.4 Å². The maximum absolute atomic E-state index is 11.0. The van der Waals surface area contributed by atoms with Crippen molar-refractivity contribution in [3.05, 3.63) is 19.6 Å². The van der Waals surface area contributed by atoms with Crippen LogP contribution >= 0.6 is 0 Å². The van der Waals surface area contributed by atoms with Crippen LogP contribution in [0.3, 0.4) is 0 Å². The molecule has 0 aliphatic rings. The second kappa shape index (κ2) is 16.6. The van der Waals surface area contributed by atoms with Crippen LogP contribution in [0.1, 0.15) is 40.5 Å². The van der Waals surface area contributed by atoms with Crippen LogP contribution in [0.25, 0.3) is 0 Å². The standard InChI is InChI=1S/C8H12O4S2.C6H12S2.Ni/c1-3-11-7(9)5(13)6(14)8(10)12-4-2;1-3-5(7)6(8)4-2;/h13-14H,3-4H2,1-2H3;7-8H,3-4H2,1-2H3;/p-4/b2*6-5-;. The normalized spacial score (nSPS) is 11.7. The predicted octanol–water partition coefficient (Wildman–Crippen LogP) is 2.53. The molecule has 9 heteroatoms. The number of allylic oxidation sites excluding steroid dienone is 2. The second-order valence-electron chi connectivity index (χ2n) is 3.65. The minimum absolute atomic E-state index is 0. The smallest absolute Gasteiger partial charge is 0.310 e. The number of carbonyl (C=O) groups excluding carboxylic acids is 2. The van der Waals surface area contributed by atoms with Gasteiger partial charge in [-0.1, -0.05) is 26.7 Å². The van der Waals surface area contributed by atoms with Crippen molar-refractivity contribution in [2.75, 3.05) is 13.2 Å². The molecular weight excluding hydrogens is 419 g/mol. The Hall–Kier alpha value is -0.206. The molecule has 138 valence electrons. The Bertz CT molecular complexity index is 398. The molecule has 0 amide bonds. The van der Waals surface area contributed by atoms with Crippen LogP contribution in [0.4, 0.5) is 0 Å². The minimum atomic E-state index is -0.763. The predicted molar refractivity (Wildman–Crippen MR) is 97.4 cm³/mol. The van der Waals surface area contributed by atoms with Gasteiger partial charge in [0.2, 0.25) is 0 Å². The van der Waals surface area contributed by atoms with Gasteiger partial charge < -0.3 is 60.0 Å². The summed E-state index contributed by atoms with van der Waals surface area (Å²) in [5, 5.41) is 0. The zero-order chi connectivity index (χ0) is 17.7. The fourth-order valence-corrected chi connectivity index (χ4v) is 1.55. The van der Waals surface area contributed by atoms with Gasteiger partial charge in [0.25, 0.3) is 0 Å². The number of hydrogen-bond acceptors (Lipinski definition) is 8. The van der Waals surface area contributed by atoms with Gasteiger partial charge in [-0.15, -0.1) is 9.81 Å². The molecular formula is C14H20NiO4S4-4. The van der Waals surface area contributed by atoms with E-state index in [2.05, 4.69) is 34.7 Å². The van der Waals surface area contributed by atoms with E-state index in [0.717, 1.165) is 22.7 Å². The molecule has 0 aliphatic heterocycles. The number of hydrogen-bond donors (Lipinski definition) is 0.